The first-order valence-corrected chi connectivity index (χ1v) is 8.29. The number of nitrogens with one attached hydrogen (secondary N) is 1. The minimum Gasteiger partial charge on any atom is -0.336 e. The van der Waals surface area contributed by atoms with E-state index in [0.29, 0.717) is 10.5 Å². The first kappa shape index (κ1) is 17.6. The Kier molecular flexibility index (Phi) is 4.47. The molecule has 1 aromatic carbocycles. The van der Waals surface area contributed by atoms with E-state index in [0.717, 1.165) is 17.7 Å². The molecule has 2 fully saturated rings. The fraction of sp³-hybridized carbons (Fsp3) is 0.389. The van der Waals surface area contributed by atoms with Gasteiger partial charge in [-0.1, -0.05) is 30.3 Å². The molecule has 0 spiro atoms. The van der Waals surface area contributed by atoms with Crippen molar-refractivity contribution in [1.82, 2.24) is 15.1 Å². The van der Waals surface area contributed by atoms with Gasteiger partial charge in [0.05, 0.1) is 12.6 Å². The number of imide groups is 2. The highest BCUT2D eigenvalue weighted by Gasteiger charge is 2.47. The third kappa shape index (κ3) is 3.28. The maximum absolute atomic E-state index is 12.4. The van der Waals surface area contributed by atoms with Crippen molar-refractivity contribution in [2.45, 2.75) is 31.8 Å². The van der Waals surface area contributed by atoms with Crippen LogP contribution in [-0.2, 0) is 20.9 Å². The highest BCUT2D eigenvalue weighted by Crippen LogP contribution is 2.39. The topological polar surface area (TPSA) is 111 Å². The highest BCUT2D eigenvalue weighted by molar-refractivity contribution is 6.44. The molecule has 26 heavy (non-hydrogen) atoms. The molecule has 1 heterocycles. The molecule has 1 saturated carbocycles. The number of hydrogen-bond donors (Lipinski definition) is 1. The van der Waals surface area contributed by atoms with Crippen molar-refractivity contribution in [2.24, 2.45) is 5.92 Å². The molecule has 1 aromatic rings. The Balaban J connectivity index is 1.67. The van der Waals surface area contributed by atoms with Gasteiger partial charge in [0.15, 0.2) is 0 Å². The molecule has 1 aliphatic carbocycles. The van der Waals surface area contributed by atoms with E-state index in [4.69, 9.17) is 0 Å². The van der Waals surface area contributed by atoms with E-state index in [-0.39, 0.29) is 12.5 Å². The van der Waals surface area contributed by atoms with E-state index in [9.17, 15) is 24.4 Å². The first-order chi connectivity index (χ1) is 12.4. The van der Waals surface area contributed by atoms with Crippen LogP contribution in [0.25, 0.3) is 0 Å². The van der Waals surface area contributed by atoms with Crippen molar-refractivity contribution >= 4 is 23.8 Å². The second kappa shape index (κ2) is 6.59. The van der Waals surface area contributed by atoms with Crippen LogP contribution in [0, 0.1) is 17.2 Å². The Bertz CT molecular complexity index is 812. The van der Waals surface area contributed by atoms with Crippen molar-refractivity contribution in [3.05, 3.63) is 35.9 Å². The molecule has 2 aliphatic rings. The van der Waals surface area contributed by atoms with Crippen LogP contribution in [0.15, 0.2) is 30.3 Å². The second-order valence-electron chi connectivity index (χ2n) is 6.69. The molecule has 8 heteroatoms. The van der Waals surface area contributed by atoms with E-state index >= 15 is 0 Å². The standard InChI is InChI=1S/C18H18N4O4/c1-18(11-19,13-7-8-13)20-14(23)10-22-16(25)15(24)21(17(22)26)9-12-5-3-2-4-6-12/h2-6,13H,7-10H2,1H3,(H,20,23)/t18-/m1/s1. The van der Waals surface area contributed by atoms with E-state index in [2.05, 4.69) is 11.4 Å². The van der Waals surface area contributed by atoms with Crippen LogP contribution >= 0.6 is 0 Å². The second-order valence-corrected chi connectivity index (χ2v) is 6.69. The third-order valence-corrected chi connectivity index (χ3v) is 4.65. The Labute approximate surface area is 150 Å². The summed E-state index contributed by atoms with van der Waals surface area (Å²) in [7, 11) is 0. The lowest BCUT2D eigenvalue weighted by atomic mass is 9.98. The lowest BCUT2D eigenvalue weighted by molar-refractivity contribution is -0.144. The number of amides is 5. The average Bonchev–Trinajstić information content (AvgIpc) is 3.46. The fourth-order valence-corrected chi connectivity index (χ4v) is 2.95. The molecule has 5 amide bonds. The minimum absolute atomic E-state index is 0.0413. The molecular weight excluding hydrogens is 336 g/mol. The van der Waals surface area contributed by atoms with Gasteiger partial charge in [0, 0.05) is 0 Å². The molecule has 0 aromatic heterocycles. The van der Waals surface area contributed by atoms with E-state index in [1.165, 1.54) is 0 Å². The van der Waals surface area contributed by atoms with E-state index < -0.39 is 35.8 Å². The van der Waals surface area contributed by atoms with Gasteiger partial charge in [-0.05, 0) is 31.2 Å². The summed E-state index contributed by atoms with van der Waals surface area (Å²) in [6.07, 6.45) is 1.69. The number of benzene rings is 1. The zero-order chi connectivity index (χ0) is 18.9. The van der Waals surface area contributed by atoms with E-state index in [1.54, 1.807) is 37.3 Å². The van der Waals surface area contributed by atoms with Gasteiger partial charge in [-0.15, -0.1) is 0 Å². The van der Waals surface area contributed by atoms with Gasteiger partial charge in [0.2, 0.25) is 5.91 Å². The number of hydrogen-bond acceptors (Lipinski definition) is 5. The molecule has 1 atom stereocenters. The molecule has 0 bridgehead atoms. The fourth-order valence-electron chi connectivity index (χ4n) is 2.95. The zero-order valence-electron chi connectivity index (χ0n) is 14.3. The number of carbonyl (C=O) groups excluding carboxylic acids is 4. The number of nitriles is 1. The first-order valence-electron chi connectivity index (χ1n) is 8.29. The molecule has 1 aliphatic heterocycles. The van der Waals surface area contributed by atoms with Crippen molar-refractivity contribution < 1.29 is 19.2 Å². The smallest absolute Gasteiger partial charge is 0.335 e. The Morgan fingerprint density at radius 2 is 1.81 bits per heavy atom. The van der Waals surface area contributed by atoms with Crippen molar-refractivity contribution in [2.75, 3.05) is 6.54 Å². The van der Waals surface area contributed by atoms with Crippen LogP contribution in [0.4, 0.5) is 4.79 Å². The minimum atomic E-state index is -1.04. The van der Waals surface area contributed by atoms with Crippen LogP contribution < -0.4 is 5.32 Å². The van der Waals surface area contributed by atoms with Crippen molar-refractivity contribution in [3.8, 4) is 6.07 Å². The summed E-state index contributed by atoms with van der Waals surface area (Å²) >= 11 is 0. The van der Waals surface area contributed by atoms with Gasteiger partial charge in [-0.3, -0.25) is 19.3 Å². The molecule has 0 unspecified atom stereocenters. The Hall–Kier alpha value is -3.21. The van der Waals surface area contributed by atoms with Gasteiger partial charge in [-0.2, -0.15) is 5.26 Å². The summed E-state index contributed by atoms with van der Waals surface area (Å²) in [6, 6.07) is 10.0. The normalized spacial score (nSPS) is 19.3. The predicted molar refractivity (Wildman–Crippen MR) is 89.0 cm³/mol. The van der Waals surface area contributed by atoms with Crippen molar-refractivity contribution in [3.63, 3.8) is 0 Å². The largest absolute Gasteiger partial charge is 0.336 e. The lowest BCUT2D eigenvalue weighted by Crippen LogP contribution is -2.51. The predicted octanol–water partition coefficient (Wildman–Crippen LogP) is 0.786. The quantitative estimate of drug-likeness (QED) is 0.600. The summed E-state index contributed by atoms with van der Waals surface area (Å²) in [5, 5.41) is 11.9. The third-order valence-electron chi connectivity index (χ3n) is 4.65. The monoisotopic (exact) mass is 354 g/mol. The summed E-state index contributed by atoms with van der Waals surface area (Å²) in [4.78, 5) is 50.3. The number of carbonyl (C=O) groups is 4. The molecule has 1 saturated heterocycles. The van der Waals surface area contributed by atoms with Crippen LogP contribution in [0.3, 0.4) is 0 Å². The number of rotatable bonds is 6. The SMILES string of the molecule is C[C@](C#N)(NC(=O)CN1C(=O)C(=O)N(Cc2ccccc2)C1=O)C1CC1. The summed E-state index contributed by atoms with van der Waals surface area (Å²) in [6.45, 7) is 0.988. The molecule has 1 N–H and O–H groups in total. The maximum Gasteiger partial charge on any atom is 0.335 e. The van der Waals surface area contributed by atoms with Gasteiger partial charge in [-0.25, -0.2) is 9.69 Å². The molecule has 8 nitrogen and oxygen atoms in total. The lowest BCUT2D eigenvalue weighted by Gasteiger charge is -2.24. The summed E-state index contributed by atoms with van der Waals surface area (Å²) in [5.74, 6) is -2.57. The van der Waals surface area contributed by atoms with Gasteiger partial charge < -0.3 is 5.32 Å². The number of urea groups is 1. The molecular formula is C18H18N4O4. The molecule has 3 rings (SSSR count). The van der Waals surface area contributed by atoms with Crippen LogP contribution in [0.1, 0.15) is 25.3 Å². The highest BCUT2D eigenvalue weighted by atomic mass is 16.2. The Morgan fingerprint density at radius 1 is 1.19 bits per heavy atom. The molecule has 134 valence electrons. The summed E-state index contributed by atoms with van der Waals surface area (Å²) in [5.41, 5.74) is -0.338. The van der Waals surface area contributed by atoms with Gasteiger partial charge in [0.25, 0.3) is 0 Å². The van der Waals surface area contributed by atoms with Gasteiger partial charge in [0.1, 0.15) is 12.1 Å². The number of nitrogens with zero attached hydrogens (tertiary/aromatic N) is 3. The van der Waals surface area contributed by atoms with Crippen molar-refractivity contribution in [1.29, 1.82) is 5.26 Å². The van der Waals surface area contributed by atoms with Crippen LogP contribution in [0.2, 0.25) is 0 Å². The van der Waals surface area contributed by atoms with E-state index in [1.807, 2.05) is 0 Å². The average molecular weight is 354 g/mol. The van der Waals surface area contributed by atoms with Crippen LogP contribution in [0.5, 0.6) is 0 Å². The maximum atomic E-state index is 12.4. The van der Waals surface area contributed by atoms with Crippen LogP contribution in [-0.4, -0.2) is 45.6 Å². The molecule has 0 radical (unpaired) electrons. The van der Waals surface area contributed by atoms with Gasteiger partial charge >= 0.3 is 17.8 Å². The Morgan fingerprint density at radius 3 is 2.38 bits per heavy atom. The summed E-state index contributed by atoms with van der Waals surface area (Å²) < 4.78 is 0. The zero-order valence-corrected chi connectivity index (χ0v) is 14.3.